The number of aromatic amines is 1. The van der Waals surface area contributed by atoms with Crippen LogP contribution in [0.1, 0.15) is 5.82 Å². The van der Waals surface area contributed by atoms with Gasteiger partial charge < -0.3 is 14.5 Å². The Hall–Kier alpha value is -3.33. The number of hydrogen-bond acceptors (Lipinski definition) is 7. The second-order valence-corrected chi connectivity index (χ2v) is 7.24. The quantitative estimate of drug-likeness (QED) is 0.399. The lowest BCUT2D eigenvalue weighted by Gasteiger charge is -2.10. The van der Waals surface area contributed by atoms with Crippen molar-refractivity contribution in [3.05, 3.63) is 62.9 Å². The molecule has 0 spiro atoms. The first-order valence-corrected chi connectivity index (χ1v) is 9.74. The number of methoxy groups -OCH3 is 2. The van der Waals surface area contributed by atoms with Crippen LogP contribution in [-0.2, 0) is 12.8 Å². The van der Waals surface area contributed by atoms with E-state index in [1.807, 2.05) is 12.1 Å². The molecule has 0 aliphatic carbocycles. The average Bonchev–Trinajstić information content (AvgIpc) is 2.74. The van der Waals surface area contributed by atoms with Gasteiger partial charge in [0.2, 0.25) is 0 Å². The van der Waals surface area contributed by atoms with Crippen molar-refractivity contribution in [2.75, 3.05) is 14.2 Å². The number of fused-ring (bicyclic) bond motifs is 2. The maximum Gasteiger partial charge on any atom is 0.261 e. The molecule has 4 aromatic rings. The summed E-state index contributed by atoms with van der Waals surface area (Å²) in [5.74, 6) is 1.78. The van der Waals surface area contributed by atoms with Gasteiger partial charge in [-0.25, -0.2) is 9.97 Å². The van der Waals surface area contributed by atoms with Gasteiger partial charge in [-0.2, -0.15) is 0 Å². The molecular weight excluding hydrogens is 392 g/mol. The fourth-order valence-electron chi connectivity index (χ4n) is 3.04. The summed E-state index contributed by atoms with van der Waals surface area (Å²) < 4.78 is 12.0. The highest BCUT2D eigenvalue weighted by Gasteiger charge is 2.13. The van der Waals surface area contributed by atoms with E-state index in [9.17, 15) is 9.59 Å². The first-order valence-electron chi connectivity index (χ1n) is 8.75. The van der Waals surface area contributed by atoms with Gasteiger partial charge in [0.25, 0.3) is 11.1 Å². The summed E-state index contributed by atoms with van der Waals surface area (Å²) in [6, 6.07) is 10.5. The molecule has 9 heteroatoms. The van der Waals surface area contributed by atoms with Crippen LogP contribution in [0, 0.1) is 0 Å². The molecule has 29 heavy (non-hydrogen) atoms. The summed E-state index contributed by atoms with van der Waals surface area (Å²) in [4.78, 5) is 36.9. The predicted octanol–water partition coefficient (Wildman–Crippen LogP) is 2.48. The molecule has 0 unspecified atom stereocenters. The first-order chi connectivity index (χ1) is 14.0. The third kappa shape index (κ3) is 3.44. The topological polar surface area (TPSA) is 99.1 Å². The van der Waals surface area contributed by atoms with Crippen molar-refractivity contribution in [1.29, 1.82) is 0 Å². The van der Waals surface area contributed by atoms with Crippen molar-refractivity contribution in [3.63, 3.8) is 0 Å². The molecule has 1 N–H and O–H groups in total. The molecule has 0 radical (unpaired) electrons. The minimum absolute atomic E-state index is 0.116. The minimum atomic E-state index is -0.271. The summed E-state index contributed by atoms with van der Waals surface area (Å²) in [5.41, 5.74) is 0.749. The zero-order chi connectivity index (χ0) is 20.5. The lowest BCUT2D eigenvalue weighted by atomic mass is 10.2. The fourth-order valence-corrected chi connectivity index (χ4v) is 3.88. The zero-order valence-corrected chi connectivity index (χ0v) is 16.9. The van der Waals surface area contributed by atoms with E-state index in [1.54, 1.807) is 31.3 Å². The number of rotatable bonds is 5. The van der Waals surface area contributed by atoms with Crippen LogP contribution in [-0.4, -0.2) is 33.7 Å². The molecule has 2 aromatic heterocycles. The van der Waals surface area contributed by atoms with Gasteiger partial charge in [-0.3, -0.25) is 14.2 Å². The van der Waals surface area contributed by atoms with Gasteiger partial charge in [0, 0.05) is 13.1 Å². The van der Waals surface area contributed by atoms with Crippen LogP contribution in [0.4, 0.5) is 0 Å². The number of aromatic nitrogens is 4. The highest BCUT2D eigenvalue weighted by Crippen LogP contribution is 2.30. The molecule has 8 nitrogen and oxygen atoms in total. The van der Waals surface area contributed by atoms with Gasteiger partial charge in [0.15, 0.2) is 16.7 Å². The van der Waals surface area contributed by atoms with Crippen LogP contribution in [0.5, 0.6) is 11.5 Å². The van der Waals surface area contributed by atoms with E-state index in [0.717, 1.165) is 0 Å². The lowest BCUT2D eigenvalue weighted by Crippen LogP contribution is -2.20. The Labute approximate surface area is 169 Å². The molecule has 0 saturated carbocycles. The number of H-pyrrole nitrogens is 1. The Morgan fingerprint density at radius 3 is 2.48 bits per heavy atom. The Balaban J connectivity index is 1.70. The largest absolute Gasteiger partial charge is 0.493 e. The van der Waals surface area contributed by atoms with Gasteiger partial charge in [-0.15, -0.1) is 0 Å². The fraction of sp³-hybridized carbons (Fsp3) is 0.200. The SMILES string of the molecule is COc1cc2nc(CSc3nc4ccccc4c(=O)n3C)[nH]c(=O)c2cc1OC. The van der Waals surface area contributed by atoms with Crippen molar-refractivity contribution in [2.45, 2.75) is 10.9 Å². The standard InChI is InChI=1S/C20H18N4O4S/c1-24-19(26)11-6-4-5-7-13(11)22-20(24)29-10-17-21-14-9-16(28-3)15(27-2)8-12(14)18(25)23-17/h4-9H,10H2,1-3H3,(H,21,23,25). The summed E-state index contributed by atoms with van der Waals surface area (Å²) >= 11 is 1.33. The van der Waals surface area contributed by atoms with Crippen molar-refractivity contribution in [2.24, 2.45) is 7.05 Å². The van der Waals surface area contributed by atoms with Gasteiger partial charge >= 0.3 is 0 Å². The summed E-state index contributed by atoms with van der Waals surface area (Å²) in [7, 11) is 4.72. The Morgan fingerprint density at radius 2 is 1.72 bits per heavy atom. The Morgan fingerprint density at radius 1 is 1.00 bits per heavy atom. The maximum atomic E-state index is 12.5. The highest BCUT2D eigenvalue weighted by molar-refractivity contribution is 7.98. The molecule has 0 saturated heterocycles. The summed E-state index contributed by atoms with van der Waals surface area (Å²) in [5, 5.41) is 1.52. The molecule has 0 aliphatic heterocycles. The number of hydrogen-bond donors (Lipinski definition) is 1. The maximum absolute atomic E-state index is 12.5. The number of benzene rings is 2. The van der Waals surface area contributed by atoms with Gasteiger partial charge in [-0.05, 0) is 18.2 Å². The lowest BCUT2D eigenvalue weighted by molar-refractivity contribution is 0.355. The molecule has 0 aliphatic rings. The second kappa shape index (κ2) is 7.59. The minimum Gasteiger partial charge on any atom is -0.493 e. The predicted molar refractivity (Wildman–Crippen MR) is 112 cm³/mol. The molecule has 4 rings (SSSR count). The van der Waals surface area contributed by atoms with E-state index in [2.05, 4.69) is 15.0 Å². The van der Waals surface area contributed by atoms with E-state index in [4.69, 9.17) is 9.47 Å². The van der Waals surface area contributed by atoms with E-state index < -0.39 is 0 Å². The van der Waals surface area contributed by atoms with E-state index in [1.165, 1.54) is 30.5 Å². The van der Waals surface area contributed by atoms with Gasteiger partial charge in [0.1, 0.15) is 5.82 Å². The monoisotopic (exact) mass is 410 g/mol. The normalized spacial score (nSPS) is 11.1. The van der Waals surface area contributed by atoms with Crippen LogP contribution in [0.3, 0.4) is 0 Å². The second-order valence-electron chi connectivity index (χ2n) is 6.30. The van der Waals surface area contributed by atoms with Crippen LogP contribution in [0.2, 0.25) is 0 Å². The smallest absolute Gasteiger partial charge is 0.261 e. The first kappa shape index (κ1) is 19.0. The zero-order valence-electron chi connectivity index (χ0n) is 16.1. The van der Waals surface area contributed by atoms with Crippen LogP contribution < -0.4 is 20.6 Å². The van der Waals surface area contributed by atoms with E-state index in [0.29, 0.717) is 50.0 Å². The average molecular weight is 410 g/mol. The van der Waals surface area contributed by atoms with Crippen LogP contribution >= 0.6 is 11.8 Å². The molecule has 0 atom stereocenters. The number of para-hydroxylation sites is 1. The van der Waals surface area contributed by atoms with E-state index in [-0.39, 0.29) is 11.1 Å². The molecule has 0 bridgehead atoms. The molecular formula is C20H18N4O4S. The Kier molecular flexibility index (Phi) is 4.98. The summed E-state index contributed by atoms with van der Waals surface area (Å²) in [6.45, 7) is 0. The van der Waals surface area contributed by atoms with Crippen molar-refractivity contribution in [1.82, 2.24) is 19.5 Å². The van der Waals surface area contributed by atoms with Crippen molar-refractivity contribution in [3.8, 4) is 11.5 Å². The number of ether oxygens (including phenoxy) is 2. The van der Waals surface area contributed by atoms with Gasteiger partial charge in [-0.1, -0.05) is 23.9 Å². The highest BCUT2D eigenvalue weighted by atomic mass is 32.2. The van der Waals surface area contributed by atoms with Crippen molar-refractivity contribution >= 4 is 33.6 Å². The molecule has 2 heterocycles. The van der Waals surface area contributed by atoms with E-state index >= 15 is 0 Å². The third-order valence-electron chi connectivity index (χ3n) is 4.54. The van der Waals surface area contributed by atoms with Crippen LogP contribution in [0.15, 0.2) is 51.1 Å². The van der Waals surface area contributed by atoms with Gasteiger partial charge in [0.05, 0.1) is 41.8 Å². The Bertz CT molecular complexity index is 1350. The summed E-state index contributed by atoms with van der Waals surface area (Å²) in [6.07, 6.45) is 0. The number of thioether (sulfide) groups is 1. The number of nitrogens with one attached hydrogen (secondary N) is 1. The molecule has 148 valence electrons. The van der Waals surface area contributed by atoms with Crippen LogP contribution in [0.25, 0.3) is 21.8 Å². The molecule has 2 aromatic carbocycles. The number of nitrogens with zero attached hydrogens (tertiary/aromatic N) is 3. The third-order valence-corrected chi connectivity index (χ3v) is 5.58. The molecule has 0 amide bonds. The molecule has 0 fully saturated rings. The van der Waals surface area contributed by atoms with Crippen molar-refractivity contribution < 1.29 is 9.47 Å².